The molecule has 0 aliphatic carbocycles. The number of hydrogen-bond acceptors (Lipinski definition) is 3. The summed E-state index contributed by atoms with van der Waals surface area (Å²) in [5, 5.41) is 4.64. The molecule has 0 bridgehead atoms. The van der Waals surface area contributed by atoms with Crippen LogP contribution in [0.5, 0.6) is 11.5 Å². The SMILES string of the molecule is COc1cccc(-n2nccc2Cl)c1OC. The lowest BCUT2D eigenvalue weighted by atomic mass is 10.2. The summed E-state index contributed by atoms with van der Waals surface area (Å²) in [6, 6.07) is 7.25. The average Bonchev–Trinajstić information content (AvgIpc) is 2.74. The van der Waals surface area contributed by atoms with E-state index in [1.54, 1.807) is 31.2 Å². The van der Waals surface area contributed by atoms with Gasteiger partial charge in [0.25, 0.3) is 0 Å². The number of rotatable bonds is 3. The Morgan fingerprint density at radius 1 is 1.19 bits per heavy atom. The molecule has 1 aromatic heterocycles. The molecule has 2 rings (SSSR count). The average molecular weight is 239 g/mol. The van der Waals surface area contributed by atoms with E-state index in [0.29, 0.717) is 16.7 Å². The van der Waals surface area contributed by atoms with Crippen molar-refractivity contribution >= 4 is 11.6 Å². The van der Waals surface area contributed by atoms with Crippen LogP contribution in [0.1, 0.15) is 0 Å². The van der Waals surface area contributed by atoms with Crippen molar-refractivity contribution in [1.82, 2.24) is 9.78 Å². The molecule has 0 spiro atoms. The van der Waals surface area contributed by atoms with Crippen molar-refractivity contribution in [1.29, 1.82) is 0 Å². The van der Waals surface area contributed by atoms with Gasteiger partial charge in [0.15, 0.2) is 11.5 Å². The molecule has 5 heteroatoms. The Labute approximate surface area is 98.4 Å². The standard InChI is InChI=1S/C11H11ClN2O2/c1-15-9-5-3-4-8(11(9)16-2)14-10(12)6-7-13-14/h3-7H,1-2H3. The molecule has 0 radical (unpaired) electrons. The number of ether oxygens (including phenoxy) is 2. The zero-order valence-corrected chi connectivity index (χ0v) is 9.73. The van der Waals surface area contributed by atoms with Crippen LogP contribution in [0.25, 0.3) is 5.69 Å². The van der Waals surface area contributed by atoms with Crippen LogP contribution in [0.2, 0.25) is 5.15 Å². The fourth-order valence-electron chi connectivity index (χ4n) is 1.50. The van der Waals surface area contributed by atoms with Gasteiger partial charge < -0.3 is 9.47 Å². The second kappa shape index (κ2) is 4.45. The lowest BCUT2D eigenvalue weighted by Crippen LogP contribution is -2.01. The lowest BCUT2D eigenvalue weighted by molar-refractivity contribution is 0.353. The first kappa shape index (κ1) is 10.8. The number of methoxy groups -OCH3 is 2. The molecule has 1 aromatic carbocycles. The smallest absolute Gasteiger partial charge is 0.186 e. The van der Waals surface area contributed by atoms with E-state index in [4.69, 9.17) is 21.1 Å². The summed E-state index contributed by atoms with van der Waals surface area (Å²) in [6.45, 7) is 0. The van der Waals surface area contributed by atoms with Crippen LogP contribution in [-0.2, 0) is 0 Å². The van der Waals surface area contributed by atoms with E-state index in [0.717, 1.165) is 5.69 Å². The molecule has 2 aromatic rings. The molecule has 0 aliphatic heterocycles. The molecule has 84 valence electrons. The number of para-hydroxylation sites is 1. The van der Waals surface area contributed by atoms with Gasteiger partial charge in [-0.3, -0.25) is 0 Å². The van der Waals surface area contributed by atoms with E-state index >= 15 is 0 Å². The van der Waals surface area contributed by atoms with E-state index in [1.807, 2.05) is 18.2 Å². The zero-order chi connectivity index (χ0) is 11.5. The molecule has 0 amide bonds. The topological polar surface area (TPSA) is 36.3 Å². The summed E-state index contributed by atoms with van der Waals surface area (Å²) in [5.74, 6) is 1.25. The van der Waals surface area contributed by atoms with Gasteiger partial charge in [0.1, 0.15) is 10.8 Å². The number of aromatic nitrogens is 2. The summed E-state index contributed by atoms with van der Waals surface area (Å²) in [7, 11) is 3.17. The molecule has 0 unspecified atom stereocenters. The van der Waals surface area contributed by atoms with Crippen molar-refractivity contribution in [3.05, 3.63) is 35.6 Å². The van der Waals surface area contributed by atoms with E-state index in [1.165, 1.54) is 0 Å². The summed E-state index contributed by atoms with van der Waals surface area (Å²) >= 11 is 6.00. The lowest BCUT2D eigenvalue weighted by Gasteiger charge is -2.12. The van der Waals surface area contributed by atoms with Gasteiger partial charge in [-0.25, -0.2) is 4.68 Å². The number of halogens is 1. The van der Waals surface area contributed by atoms with Crippen molar-refractivity contribution in [2.75, 3.05) is 14.2 Å². The molecule has 0 atom stereocenters. The minimum Gasteiger partial charge on any atom is -0.493 e. The highest BCUT2D eigenvalue weighted by Gasteiger charge is 2.13. The Hall–Kier alpha value is -1.68. The Morgan fingerprint density at radius 2 is 2.00 bits per heavy atom. The maximum atomic E-state index is 6.00. The predicted molar refractivity (Wildman–Crippen MR) is 61.7 cm³/mol. The largest absolute Gasteiger partial charge is 0.493 e. The van der Waals surface area contributed by atoms with Crippen LogP contribution in [-0.4, -0.2) is 24.0 Å². The molecule has 16 heavy (non-hydrogen) atoms. The molecule has 1 heterocycles. The summed E-state index contributed by atoms with van der Waals surface area (Å²) < 4.78 is 12.1. The van der Waals surface area contributed by atoms with Gasteiger partial charge in [-0.15, -0.1) is 0 Å². The normalized spacial score (nSPS) is 10.2. The molecule has 0 fully saturated rings. The Balaban J connectivity index is 2.61. The molecule has 0 N–H and O–H groups in total. The fraction of sp³-hybridized carbons (Fsp3) is 0.182. The second-order valence-corrected chi connectivity index (χ2v) is 3.47. The first-order chi connectivity index (χ1) is 7.77. The fourth-order valence-corrected chi connectivity index (χ4v) is 1.69. The van der Waals surface area contributed by atoms with Crippen molar-refractivity contribution < 1.29 is 9.47 Å². The minimum atomic E-state index is 0.520. The van der Waals surface area contributed by atoms with E-state index in [2.05, 4.69) is 5.10 Å². The van der Waals surface area contributed by atoms with Crippen molar-refractivity contribution in [2.24, 2.45) is 0 Å². The monoisotopic (exact) mass is 238 g/mol. The van der Waals surface area contributed by atoms with Crippen molar-refractivity contribution in [3.8, 4) is 17.2 Å². The number of benzene rings is 1. The summed E-state index contributed by atoms with van der Waals surface area (Å²) in [5.41, 5.74) is 0.747. The molecule has 0 saturated carbocycles. The first-order valence-corrected chi connectivity index (χ1v) is 5.06. The molecule has 0 aliphatic rings. The summed E-state index contributed by atoms with van der Waals surface area (Å²) in [4.78, 5) is 0. The minimum absolute atomic E-state index is 0.520. The highest BCUT2D eigenvalue weighted by atomic mass is 35.5. The first-order valence-electron chi connectivity index (χ1n) is 4.69. The van der Waals surface area contributed by atoms with Gasteiger partial charge >= 0.3 is 0 Å². The van der Waals surface area contributed by atoms with Crippen LogP contribution >= 0.6 is 11.6 Å². The maximum absolute atomic E-state index is 6.00. The number of nitrogens with zero attached hydrogens (tertiary/aromatic N) is 2. The Morgan fingerprint density at radius 3 is 2.56 bits per heavy atom. The molecule has 0 saturated heterocycles. The van der Waals surface area contributed by atoms with Crippen molar-refractivity contribution in [3.63, 3.8) is 0 Å². The van der Waals surface area contributed by atoms with Crippen LogP contribution in [0, 0.1) is 0 Å². The maximum Gasteiger partial charge on any atom is 0.186 e. The Bertz CT molecular complexity index is 496. The highest BCUT2D eigenvalue weighted by Crippen LogP contribution is 2.34. The molecule has 4 nitrogen and oxygen atoms in total. The van der Waals surface area contributed by atoms with Gasteiger partial charge in [0, 0.05) is 0 Å². The second-order valence-electron chi connectivity index (χ2n) is 3.08. The molecular weight excluding hydrogens is 228 g/mol. The predicted octanol–water partition coefficient (Wildman–Crippen LogP) is 2.54. The van der Waals surface area contributed by atoms with E-state index in [9.17, 15) is 0 Å². The van der Waals surface area contributed by atoms with E-state index in [-0.39, 0.29) is 0 Å². The number of hydrogen-bond donors (Lipinski definition) is 0. The van der Waals surface area contributed by atoms with Gasteiger partial charge in [-0.05, 0) is 18.2 Å². The quantitative estimate of drug-likeness (QED) is 0.825. The van der Waals surface area contributed by atoms with Gasteiger partial charge in [-0.1, -0.05) is 17.7 Å². The van der Waals surface area contributed by atoms with Crippen LogP contribution in [0.15, 0.2) is 30.5 Å². The van der Waals surface area contributed by atoms with E-state index < -0.39 is 0 Å². The van der Waals surface area contributed by atoms with Crippen LogP contribution in [0.3, 0.4) is 0 Å². The Kier molecular flexibility index (Phi) is 3.01. The van der Waals surface area contributed by atoms with Gasteiger partial charge in [0.05, 0.1) is 20.4 Å². The third-order valence-corrected chi connectivity index (χ3v) is 2.49. The van der Waals surface area contributed by atoms with Crippen molar-refractivity contribution in [2.45, 2.75) is 0 Å². The summed E-state index contributed by atoms with van der Waals surface area (Å²) in [6.07, 6.45) is 1.63. The van der Waals surface area contributed by atoms with Gasteiger partial charge in [-0.2, -0.15) is 5.10 Å². The third kappa shape index (κ3) is 1.72. The van der Waals surface area contributed by atoms with Crippen LogP contribution < -0.4 is 9.47 Å². The zero-order valence-electron chi connectivity index (χ0n) is 8.98. The molecular formula is C11H11ClN2O2. The highest BCUT2D eigenvalue weighted by molar-refractivity contribution is 6.29. The third-order valence-electron chi connectivity index (χ3n) is 2.21. The van der Waals surface area contributed by atoms with Gasteiger partial charge in [0.2, 0.25) is 0 Å². The van der Waals surface area contributed by atoms with Crippen LogP contribution in [0.4, 0.5) is 0 Å².